The molecular weight excluding hydrogens is 328 g/mol. The first kappa shape index (κ1) is 18.2. The molecular formula is C18H21ClN2O3. The van der Waals surface area contributed by atoms with Gasteiger partial charge in [-0.2, -0.15) is 5.10 Å². The number of aromatic nitrogens is 2. The Morgan fingerprint density at radius 1 is 1.29 bits per heavy atom. The molecule has 0 bridgehead atoms. The maximum Gasteiger partial charge on any atom is 0.303 e. The van der Waals surface area contributed by atoms with Crippen LogP contribution in [0.5, 0.6) is 0 Å². The molecule has 0 amide bonds. The number of aryl methyl sites for hydroxylation is 1. The SMILES string of the molecule is Cc1ccc(-n2cc(Cl)cn2)cc1CC(=O)CC(C)(C)CC(=O)O. The molecule has 24 heavy (non-hydrogen) atoms. The second-order valence-electron chi connectivity index (χ2n) is 6.84. The molecule has 0 atom stereocenters. The number of hydrogen-bond donors (Lipinski definition) is 1. The summed E-state index contributed by atoms with van der Waals surface area (Å²) in [7, 11) is 0. The van der Waals surface area contributed by atoms with Crippen LogP contribution in [-0.2, 0) is 16.0 Å². The molecule has 0 unspecified atom stereocenters. The van der Waals surface area contributed by atoms with E-state index in [2.05, 4.69) is 5.10 Å². The van der Waals surface area contributed by atoms with Gasteiger partial charge in [0.05, 0.1) is 23.3 Å². The summed E-state index contributed by atoms with van der Waals surface area (Å²) < 4.78 is 1.66. The zero-order valence-corrected chi connectivity index (χ0v) is 14.8. The van der Waals surface area contributed by atoms with E-state index in [1.165, 1.54) is 0 Å². The van der Waals surface area contributed by atoms with E-state index in [0.717, 1.165) is 16.8 Å². The van der Waals surface area contributed by atoms with Crippen molar-refractivity contribution in [2.24, 2.45) is 5.41 Å². The summed E-state index contributed by atoms with van der Waals surface area (Å²) in [5, 5.41) is 13.6. The number of rotatable bonds is 7. The molecule has 6 heteroatoms. The first-order valence-electron chi connectivity index (χ1n) is 7.70. The lowest BCUT2D eigenvalue weighted by molar-refractivity contribution is -0.139. The number of hydrogen-bond acceptors (Lipinski definition) is 3. The minimum Gasteiger partial charge on any atom is -0.481 e. The van der Waals surface area contributed by atoms with Gasteiger partial charge in [-0.3, -0.25) is 9.59 Å². The summed E-state index contributed by atoms with van der Waals surface area (Å²) in [4.78, 5) is 23.3. The Bertz CT molecular complexity index is 765. The Kier molecular flexibility index (Phi) is 5.44. The maximum absolute atomic E-state index is 12.4. The highest BCUT2D eigenvalue weighted by molar-refractivity contribution is 6.30. The molecule has 1 aromatic heterocycles. The van der Waals surface area contributed by atoms with Crippen LogP contribution in [0.15, 0.2) is 30.6 Å². The lowest BCUT2D eigenvalue weighted by atomic mass is 9.82. The second kappa shape index (κ2) is 7.18. The van der Waals surface area contributed by atoms with Crippen LogP contribution in [0, 0.1) is 12.3 Å². The van der Waals surface area contributed by atoms with E-state index in [1.54, 1.807) is 30.9 Å². The third-order valence-corrected chi connectivity index (χ3v) is 4.04. The number of carboxylic acid groups (broad SMARTS) is 1. The van der Waals surface area contributed by atoms with E-state index in [4.69, 9.17) is 16.7 Å². The lowest BCUT2D eigenvalue weighted by Crippen LogP contribution is -2.22. The first-order chi connectivity index (χ1) is 11.2. The van der Waals surface area contributed by atoms with Crippen molar-refractivity contribution >= 4 is 23.4 Å². The second-order valence-corrected chi connectivity index (χ2v) is 7.28. The van der Waals surface area contributed by atoms with Gasteiger partial charge in [-0.25, -0.2) is 4.68 Å². The van der Waals surface area contributed by atoms with Crippen molar-refractivity contribution in [1.82, 2.24) is 9.78 Å². The molecule has 0 saturated carbocycles. The van der Waals surface area contributed by atoms with Gasteiger partial charge in [0.1, 0.15) is 5.78 Å². The predicted molar refractivity (Wildman–Crippen MR) is 92.7 cm³/mol. The van der Waals surface area contributed by atoms with Crippen molar-refractivity contribution in [3.8, 4) is 5.69 Å². The van der Waals surface area contributed by atoms with Gasteiger partial charge in [-0.15, -0.1) is 0 Å². The Morgan fingerprint density at radius 3 is 2.58 bits per heavy atom. The van der Waals surface area contributed by atoms with Crippen LogP contribution in [0.25, 0.3) is 5.69 Å². The van der Waals surface area contributed by atoms with Gasteiger partial charge in [0, 0.05) is 19.0 Å². The molecule has 0 aliphatic rings. The smallest absolute Gasteiger partial charge is 0.303 e. The average molecular weight is 349 g/mol. The quantitative estimate of drug-likeness (QED) is 0.825. The van der Waals surface area contributed by atoms with Crippen molar-refractivity contribution in [1.29, 1.82) is 0 Å². The van der Waals surface area contributed by atoms with Crippen LogP contribution >= 0.6 is 11.6 Å². The van der Waals surface area contributed by atoms with Gasteiger partial charge in [0.2, 0.25) is 0 Å². The number of benzene rings is 1. The number of ketones is 1. The molecule has 0 radical (unpaired) electrons. The van der Waals surface area contributed by atoms with Crippen molar-refractivity contribution in [2.75, 3.05) is 0 Å². The van der Waals surface area contributed by atoms with E-state index in [9.17, 15) is 9.59 Å². The summed E-state index contributed by atoms with van der Waals surface area (Å²) in [5.74, 6) is -0.860. The first-order valence-corrected chi connectivity index (χ1v) is 8.08. The summed E-state index contributed by atoms with van der Waals surface area (Å²) in [6.45, 7) is 5.55. The van der Waals surface area contributed by atoms with Gasteiger partial charge in [-0.05, 0) is 35.6 Å². The van der Waals surface area contributed by atoms with Crippen LogP contribution < -0.4 is 0 Å². The molecule has 2 aromatic rings. The molecule has 0 spiro atoms. The van der Waals surface area contributed by atoms with Crippen molar-refractivity contribution < 1.29 is 14.7 Å². The minimum atomic E-state index is -0.887. The molecule has 1 aromatic carbocycles. The largest absolute Gasteiger partial charge is 0.481 e. The van der Waals surface area contributed by atoms with E-state index in [-0.39, 0.29) is 25.0 Å². The molecule has 2 rings (SSSR count). The fourth-order valence-electron chi connectivity index (χ4n) is 2.71. The number of aliphatic carboxylic acids is 1. The standard InChI is InChI=1S/C18H21ClN2O3/c1-12-4-5-15(21-11-14(19)10-20-21)6-13(12)7-16(22)8-18(2,3)9-17(23)24/h4-6,10-11H,7-9H2,1-3H3,(H,23,24). The van der Waals surface area contributed by atoms with Crippen LogP contribution in [0.2, 0.25) is 5.02 Å². The monoisotopic (exact) mass is 348 g/mol. The number of Topliss-reactive ketones (excluding diaryl/α,β-unsaturated/α-hetero) is 1. The summed E-state index contributed by atoms with van der Waals surface area (Å²) >= 11 is 5.89. The fraction of sp³-hybridized carbons (Fsp3) is 0.389. The van der Waals surface area contributed by atoms with Crippen LogP contribution in [0.4, 0.5) is 0 Å². The van der Waals surface area contributed by atoms with E-state index in [0.29, 0.717) is 5.02 Å². The van der Waals surface area contributed by atoms with Crippen LogP contribution in [0.1, 0.15) is 37.8 Å². The zero-order valence-electron chi connectivity index (χ0n) is 14.0. The Hall–Kier alpha value is -2.14. The predicted octanol–water partition coefficient (Wildman–Crippen LogP) is 3.84. The van der Waals surface area contributed by atoms with E-state index >= 15 is 0 Å². The normalized spacial score (nSPS) is 11.5. The van der Waals surface area contributed by atoms with Crippen molar-refractivity contribution in [3.63, 3.8) is 0 Å². The Balaban J connectivity index is 2.14. The van der Waals surface area contributed by atoms with Gasteiger partial charge in [-0.1, -0.05) is 31.5 Å². The van der Waals surface area contributed by atoms with Gasteiger partial charge >= 0.3 is 5.97 Å². The maximum atomic E-state index is 12.4. The Morgan fingerprint density at radius 2 is 2.00 bits per heavy atom. The van der Waals surface area contributed by atoms with E-state index < -0.39 is 11.4 Å². The molecule has 0 fully saturated rings. The highest BCUT2D eigenvalue weighted by Gasteiger charge is 2.25. The van der Waals surface area contributed by atoms with Crippen molar-refractivity contribution in [3.05, 3.63) is 46.7 Å². The van der Waals surface area contributed by atoms with Crippen molar-refractivity contribution in [2.45, 2.75) is 40.0 Å². The third-order valence-electron chi connectivity index (χ3n) is 3.84. The van der Waals surface area contributed by atoms with Crippen LogP contribution in [0.3, 0.4) is 0 Å². The number of carbonyl (C=O) groups excluding carboxylic acids is 1. The summed E-state index contributed by atoms with van der Waals surface area (Å²) in [6.07, 6.45) is 3.74. The fourth-order valence-corrected chi connectivity index (χ4v) is 2.85. The Labute approximate surface area is 146 Å². The number of nitrogens with zero attached hydrogens (tertiary/aromatic N) is 2. The average Bonchev–Trinajstić information content (AvgIpc) is 2.85. The molecule has 0 aliphatic heterocycles. The minimum absolute atomic E-state index is 0.0243. The molecule has 1 N–H and O–H groups in total. The van der Waals surface area contributed by atoms with Gasteiger partial charge in [0.15, 0.2) is 0 Å². The van der Waals surface area contributed by atoms with Gasteiger partial charge < -0.3 is 5.11 Å². The van der Waals surface area contributed by atoms with E-state index in [1.807, 2.05) is 25.1 Å². The topological polar surface area (TPSA) is 72.2 Å². The lowest BCUT2D eigenvalue weighted by Gasteiger charge is -2.21. The highest BCUT2D eigenvalue weighted by Crippen LogP contribution is 2.26. The van der Waals surface area contributed by atoms with Crippen LogP contribution in [-0.4, -0.2) is 26.6 Å². The highest BCUT2D eigenvalue weighted by atomic mass is 35.5. The molecule has 0 saturated heterocycles. The molecule has 1 heterocycles. The van der Waals surface area contributed by atoms with Gasteiger partial charge in [0.25, 0.3) is 0 Å². The third kappa shape index (κ3) is 4.93. The number of halogens is 1. The summed E-state index contributed by atoms with van der Waals surface area (Å²) in [6, 6.07) is 5.78. The number of carbonyl (C=O) groups is 2. The summed E-state index contributed by atoms with van der Waals surface area (Å²) in [5.41, 5.74) is 2.21. The zero-order chi connectivity index (χ0) is 17.9. The molecule has 5 nitrogen and oxygen atoms in total. The molecule has 128 valence electrons. The molecule has 0 aliphatic carbocycles. The number of carboxylic acids is 1.